The summed E-state index contributed by atoms with van der Waals surface area (Å²) < 4.78 is 5.42. The number of ketones is 1. The molecule has 0 atom stereocenters. The van der Waals surface area contributed by atoms with Crippen LogP contribution < -0.4 is 5.32 Å². The summed E-state index contributed by atoms with van der Waals surface area (Å²) in [5.74, 6) is 0.182. The Kier molecular flexibility index (Phi) is 3.20. The third-order valence-electron chi connectivity index (χ3n) is 3.95. The standard InChI is InChI=1S/C19H14N2O3/c1-11(22)12-2-4-13(5-3-12)20-18-15-7-6-14(23)10-17(15)21-19-16(18)8-9-24-19/h2-10,23H,1H3,(H,20,21). The van der Waals surface area contributed by atoms with Gasteiger partial charge in [-0.1, -0.05) is 0 Å². The van der Waals surface area contributed by atoms with Gasteiger partial charge < -0.3 is 14.8 Å². The van der Waals surface area contributed by atoms with Crippen LogP contribution >= 0.6 is 0 Å². The molecule has 0 saturated heterocycles. The summed E-state index contributed by atoms with van der Waals surface area (Å²) in [4.78, 5) is 15.8. The normalized spacial score (nSPS) is 11.0. The Balaban J connectivity index is 1.87. The first kappa shape index (κ1) is 14.3. The molecule has 0 aliphatic rings. The lowest BCUT2D eigenvalue weighted by atomic mass is 10.1. The Morgan fingerprint density at radius 2 is 1.88 bits per heavy atom. The number of anilines is 2. The van der Waals surface area contributed by atoms with Crippen molar-refractivity contribution < 1.29 is 14.3 Å². The maximum atomic E-state index is 11.4. The van der Waals surface area contributed by atoms with E-state index in [-0.39, 0.29) is 11.5 Å². The number of carbonyl (C=O) groups excluding carboxylic acids is 1. The molecule has 0 aliphatic heterocycles. The van der Waals surface area contributed by atoms with Gasteiger partial charge in [-0.2, -0.15) is 0 Å². The molecule has 24 heavy (non-hydrogen) atoms. The largest absolute Gasteiger partial charge is 0.508 e. The molecule has 4 rings (SSSR count). The van der Waals surface area contributed by atoms with E-state index in [1.54, 1.807) is 37.5 Å². The zero-order valence-electron chi connectivity index (χ0n) is 12.9. The molecule has 0 aliphatic carbocycles. The van der Waals surface area contributed by atoms with Gasteiger partial charge in [0.1, 0.15) is 5.75 Å². The number of phenols is 1. The van der Waals surface area contributed by atoms with Crippen LogP contribution in [-0.2, 0) is 0 Å². The zero-order chi connectivity index (χ0) is 16.7. The lowest BCUT2D eigenvalue weighted by Gasteiger charge is -2.11. The number of benzene rings is 2. The number of nitrogens with one attached hydrogen (secondary N) is 1. The number of phenolic OH excluding ortho intramolecular Hbond substituents is 1. The first-order chi connectivity index (χ1) is 11.6. The van der Waals surface area contributed by atoms with Crippen molar-refractivity contribution in [3.8, 4) is 5.75 Å². The predicted molar refractivity (Wildman–Crippen MR) is 92.9 cm³/mol. The van der Waals surface area contributed by atoms with E-state index in [4.69, 9.17) is 4.42 Å². The first-order valence-electron chi connectivity index (χ1n) is 7.50. The van der Waals surface area contributed by atoms with E-state index in [1.165, 1.54) is 0 Å². The molecule has 0 fully saturated rings. The highest BCUT2D eigenvalue weighted by molar-refractivity contribution is 6.07. The van der Waals surface area contributed by atoms with Gasteiger partial charge >= 0.3 is 0 Å². The Bertz CT molecular complexity index is 1070. The van der Waals surface area contributed by atoms with Crippen LogP contribution in [0.3, 0.4) is 0 Å². The molecule has 0 bridgehead atoms. The van der Waals surface area contributed by atoms with Crippen molar-refractivity contribution in [2.45, 2.75) is 6.92 Å². The van der Waals surface area contributed by atoms with E-state index in [0.29, 0.717) is 16.8 Å². The van der Waals surface area contributed by atoms with Gasteiger partial charge in [-0.25, -0.2) is 4.98 Å². The highest BCUT2D eigenvalue weighted by Gasteiger charge is 2.12. The minimum Gasteiger partial charge on any atom is -0.508 e. The van der Waals surface area contributed by atoms with Crippen molar-refractivity contribution in [3.63, 3.8) is 0 Å². The number of aromatic nitrogens is 1. The van der Waals surface area contributed by atoms with Crippen LogP contribution in [0.1, 0.15) is 17.3 Å². The molecule has 2 aromatic carbocycles. The van der Waals surface area contributed by atoms with E-state index >= 15 is 0 Å². The first-order valence-corrected chi connectivity index (χ1v) is 7.50. The van der Waals surface area contributed by atoms with Crippen molar-refractivity contribution in [1.82, 2.24) is 4.98 Å². The van der Waals surface area contributed by atoms with E-state index in [9.17, 15) is 9.90 Å². The number of furan rings is 1. The Hall–Kier alpha value is -3.34. The zero-order valence-corrected chi connectivity index (χ0v) is 12.9. The molecule has 2 N–H and O–H groups in total. The average molecular weight is 318 g/mol. The number of carbonyl (C=O) groups is 1. The van der Waals surface area contributed by atoms with Crippen molar-refractivity contribution in [3.05, 3.63) is 60.4 Å². The van der Waals surface area contributed by atoms with Gasteiger partial charge in [0.2, 0.25) is 5.71 Å². The summed E-state index contributed by atoms with van der Waals surface area (Å²) >= 11 is 0. The lowest BCUT2D eigenvalue weighted by molar-refractivity contribution is 0.101. The van der Waals surface area contributed by atoms with Gasteiger partial charge in [0.15, 0.2) is 5.78 Å². The predicted octanol–water partition coefficient (Wildman–Crippen LogP) is 4.63. The van der Waals surface area contributed by atoms with Crippen LogP contribution in [0.4, 0.5) is 11.4 Å². The number of nitrogens with zero attached hydrogens (tertiary/aromatic N) is 1. The molecular formula is C19H14N2O3. The number of pyridine rings is 1. The van der Waals surface area contributed by atoms with Crippen LogP contribution in [0.2, 0.25) is 0 Å². The number of hydrogen-bond acceptors (Lipinski definition) is 5. The summed E-state index contributed by atoms with van der Waals surface area (Å²) in [6.45, 7) is 1.54. The summed E-state index contributed by atoms with van der Waals surface area (Å²) in [6.07, 6.45) is 1.58. The van der Waals surface area contributed by atoms with Gasteiger partial charge in [0, 0.05) is 22.7 Å². The molecule has 5 nitrogen and oxygen atoms in total. The molecule has 118 valence electrons. The lowest BCUT2D eigenvalue weighted by Crippen LogP contribution is -1.96. The topological polar surface area (TPSA) is 75.4 Å². The van der Waals surface area contributed by atoms with Crippen LogP contribution in [0, 0.1) is 0 Å². The second-order valence-corrected chi connectivity index (χ2v) is 5.59. The van der Waals surface area contributed by atoms with Crippen molar-refractivity contribution in [2.75, 3.05) is 5.32 Å². The number of aromatic hydroxyl groups is 1. The second-order valence-electron chi connectivity index (χ2n) is 5.59. The minimum atomic E-state index is 0.0311. The maximum absolute atomic E-state index is 11.4. The second kappa shape index (κ2) is 5.38. The van der Waals surface area contributed by atoms with Crippen molar-refractivity contribution in [2.24, 2.45) is 0 Å². The smallest absolute Gasteiger partial charge is 0.228 e. The molecule has 2 heterocycles. The molecule has 0 spiro atoms. The van der Waals surface area contributed by atoms with Crippen LogP contribution in [0.5, 0.6) is 5.75 Å². The quantitative estimate of drug-likeness (QED) is 0.538. The van der Waals surface area contributed by atoms with E-state index in [2.05, 4.69) is 10.3 Å². The summed E-state index contributed by atoms with van der Waals surface area (Å²) in [5.41, 5.74) is 3.50. The van der Waals surface area contributed by atoms with Gasteiger partial charge in [-0.05, 0) is 49.4 Å². The Morgan fingerprint density at radius 1 is 1.08 bits per heavy atom. The van der Waals surface area contributed by atoms with Gasteiger partial charge in [-0.15, -0.1) is 0 Å². The summed E-state index contributed by atoms with van der Waals surface area (Å²) in [5, 5.41) is 14.8. The molecule has 5 heteroatoms. The number of fused-ring (bicyclic) bond motifs is 2. The highest BCUT2D eigenvalue weighted by atomic mass is 16.3. The average Bonchev–Trinajstić information content (AvgIpc) is 3.03. The van der Waals surface area contributed by atoms with Crippen molar-refractivity contribution >= 4 is 39.2 Å². The molecule has 0 amide bonds. The van der Waals surface area contributed by atoms with Crippen LogP contribution in [0.25, 0.3) is 22.0 Å². The number of rotatable bonds is 3. The highest BCUT2D eigenvalue weighted by Crippen LogP contribution is 2.34. The maximum Gasteiger partial charge on any atom is 0.228 e. The third kappa shape index (κ3) is 2.36. The minimum absolute atomic E-state index is 0.0311. The fraction of sp³-hybridized carbons (Fsp3) is 0.0526. The van der Waals surface area contributed by atoms with Crippen LogP contribution in [0.15, 0.2) is 59.2 Å². The molecule has 2 aromatic heterocycles. The molecule has 0 saturated carbocycles. The number of hydrogen-bond donors (Lipinski definition) is 2. The summed E-state index contributed by atoms with van der Waals surface area (Å²) in [6, 6.07) is 14.2. The SMILES string of the molecule is CC(=O)c1ccc(Nc2c3ccc(O)cc3nc3occc23)cc1. The van der Waals surface area contributed by atoms with E-state index in [1.807, 2.05) is 24.3 Å². The molecule has 0 unspecified atom stereocenters. The van der Waals surface area contributed by atoms with E-state index in [0.717, 1.165) is 22.1 Å². The Morgan fingerprint density at radius 3 is 2.62 bits per heavy atom. The fourth-order valence-corrected chi connectivity index (χ4v) is 2.72. The van der Waals surface area contributed by atoms with E-state index < -0.39 is 0 Å². The monoisotopic (exact) mass is 318 g/mol. The fourth-order valence-electron chi connectivity index (χ4n) is 2.72. The van der Waals surface area contributed by atoms with Gasteiger partial charge in [-0.3, -0.25) is 4.79 Å². The molecular weight excluding hydrogens is 304 g/mol. The third-order valence-corrected chi connectivity index (χ3v) is 3.95. The van der Waals surface area contributed by atoms with Crippen molar-refractivity contribution in [1.29, 1.82) is 0 Å². The Labute approximate surface area is 137 Å². The molecule has 0 radical (unpaired) electrons. The molecule has 4 aromatic rings. The van der Waals surface area contributed by atoms with Gasteiger partial charge in [0.05, 0.1) is 22.9 Å². The van der Waals surface area contributed by atoms with Gasteiger partial charge in [0.25, 0.3) is 0 Å². The number of Topliss-reactive ketones (excluding diaryl/α,β-unsaturated/α-hetero) is 1. The summed E-state index contributed by atoms with van der Waals surface area (Å²) in [7, 11) is 0. The van der Waals surface area contributed by atoms with Crippen LogP contribution in [-0.4, -0.2) is 15.9 Å².